The fourth-order valence-electron chi connectivity index (χ4n) is 3.61. The third kappa shape index (κ3) is 4.20. The summed E-state index contributed by atoms with van der Waals surface area (Å²) in [5, 5.41) is 6.34. The molecule has 4 rings (SSSR count). The van der Waals surface area contributed by atoms with E-state index >= 15 is 0 Å². The Balaban J connectivity index is 1.66. The number of para-hydroxylation sites is 2. The van der Waals surface area contributed by atoms with Crippen molar-refractivity contribution < 1.29 is 9.53 Å². The van der Waals surface area contributed by atoms with Gasteiger partial charge < -0.3 is 4.74 Å². The Morgan fingerprint density at radius 1 is 1.19 bits per heavy atom. The summed E-state index contributed by atoms with van der Waals surface area (Å²) in [6.45, 7) is 6.13. The molecule has 31 heavy (non-hydrogen) atoms. The number of carbonyl (C=O) groups excluding carboxylic acids is 1. The molecule has 1 aromatic heterocycles. The van der Waals surface area contributed by atoms with E-state index in [-0.39, 0.29) is 24.1 Å². The largest absolute Gasteiger partial charge is 0.492 e. The Bertz CT molecular complexity index is 1220. The minimum atomic E-state index is -0.269. The van der Waals surface area contributed by atoms with Crippen LogP contribution >= 0.6 is 11.8 Å². The van der Waals surface area contributed by atoms with E-state index in [1.807, 2.05) is 63.2 Å². The number of carbonyl (C=O) groups is 1. The van der Waals surface area contributed by atoms with E-state index in [1.165, 1.54) is 16.4 Å². The summed E-state index contributed by atoms with van der Waals surface area (Å²) in [5.74, 6) is 1.20. The van der Waals surface area contributed by atoms with Gasteiger partial charge in [0.2, 0.25) is 0 Å². The molecule has 1 saturated heterocycles. The molecular weight excluding hydrogens is 412 g/mol. The number of aliphatic imine (C=N–C) groups is 1. The molecule has 2 heterocycles. The van der Waals surface area contributed by atoms with E-state index in [0.717, 1.165) is 11.1 Å². The van der Waals surface area contributed by atoms with Gasteiger partial charge in [0.25, 0.3) is 11.5 Å². The molecule has 0 N–H and O–H groups in total. The van der Waals surface area contributed by atoms with E-state index < -0.39 is 0 Å². The van der Waals surface area contributed by atoms with Gasteiger partial charge in [-0.2, -0.15) is 5.10 Å². The zero-order chi connectivity index (χ0) is 22.0. The van der Waals surface area contributed by atoms with E-state index in [4.69, 9.17) is 9.73 Å². The Morgan fingerprint density at radius 2 is 1.90 bits per heavy atom. The van der Waals surface area contributed by atoms with Crippen LogP contribution in [-0.2, 0) is 11.3 Å². The number of aryl methyl sites for hydroxylation is 1. The minimum absolute atomic E-state index is 0.0345. The van der Waals surface area contributed by atoms with Crippen molar-refractivity contribution in [3.8, 4) is 5.75 Å². The van der Waals surface area contributed by atoms with Crippen LogP contribution in [0, 0.1) is 6.92 Å². The fraction of sp³-hybridized carbons (Fsp3) is 0.304. The normalized spacial score (nSPS) is 17.5. The molecular formula is C23H24N4O3S. The molecule has 1 amide bonds. The van der Waals surface area contributed by atoms with Gasteiger partial charge in [-0.1, -0.05) is 42.1 Å². The van der Waals surface area contributed by atoms with Gasteiger partial charge in [0.1, 0.15) is 18.0 Å². The van der Waals surface area contributed by atoms with Crippen molar-refractivity contribution in [2.45, 2.75) is 33.4 Å². The number of hydrogen-bond acceptors (Lipinski definition) is 6. The zero-order valence-corrected chi connectivity index (χ0v) is 18.6. The Morgan fingerprint density at radius 3 is 2.68 bits per heavy atom. The summed E-state index contributed by atoms with van der Waals surface area (Å²) in [7, 11) is 0. The van der Waals surface area contributed by atoms with E-state index in [0.29, 0.717) is 34.3 Å². The van der Waals surface area contributed by atoms with Crippen molar-refractivity contribution in [2.24, 2.45) is 4.99 Å². The maximum atomic E-state index is 13.2. The highest BCUT2D eigenvalue weighted by Crippen LogP contribution is 2.32. The number of thioether (sulfide) groups is 1. The Labute approximate surface area is 184 Å². The molecule has 1 aliphatic rings. The number of hydrogen-bond donors (Lipinski definition) is 0. The van der Waals surface area contributed by atoms with Gasteiger partial charge in [0.15, 0.2) is 5.17 Å². The molecule has 8 heteroatoms. The third-order valence-electron chi connectivity index (χ3n) is 5.09. The highest BCUT2D eigenvalue weighted by molar-refractivity contribution is 8.14. The van der Waals surface area contributed by atoms with Crippen LogP contribution in [0.5, 0.6) is 5.75 Å². The zero-order valence-electron chi connectivity index (χ0n) is 17.7. The van der Waals surface area contributed by atoms with Crippen molar-refractivity contribution in [1.82, 2.24) is 14.7 Å². The van der Waals surface area contributed by atoms with E-state index in [1.54, 1.807) is 11.0 Å². The standard InChI is InChI=1S/C23H24N4O3S/c1-4-30-20-12-8-7-11-19(20)24-23-27(15(2)14-31-23)21(28)13-26-22(29)18-10-6-5-9-17(18)16(3)25-26/h5-12,15H,4,13-14H2,1-3H3. The topological polar surface area (TPSA) is 76.8 Å². The second-order valence-electron chi connectivity index (χ2n) is 7.31. The summed E-state index contributed by atoms with van der Waals surface area (Å²) in [6.07, 6.45) is 0. The van der Waals surface area contributed by atoms with Crippen molar-refractivity contribution in [3.05, 3.63) is 64.6 Å². The van der Waals surface area contributed by atoms with Gasteiger partial charge in [-0.05, 0) is 39.0 Å². The first-order valence-corrected chi connectivity index (χ1v) is 11.2. The number of amidine groups is 1. The van der Waals surface area contributed by atoms with E-state index in [9.17, 15) is 9.59 Å². The van der Waals surface area contributed by atoms with Crippen LogP contribution in [0.3, 0.4) is 0 Å². The van der Waals surface area contributed by atoms with Crippen LogP contribution in [0.2, 0.25) is 0 Å². The van der Waals surface area contributed by atoms with E-state index in [2.05, 4.69) is 5.10 Å². The number of ether oxygens (including phenoxy) is 1. The Kier molecular flexibility index (Phi) is 6.08. The summed E-state index contributed by atoms with van der Waals surface area (Å²) in [4.78, 5) is 32.5. The minimum Gasteiger partial charge on any atom is -0.492 e. The average molecular weight is 437 g/mol. The van der Waals surface area contributed by atoms with Crippen molar-refractivity contribution in [1.29, 1.82) is 0 Å². The highest BCUT2D eigenvalue weighted by Gasteiger charge is 2.33. The summed E-state index contributed by atoms with van der Waals surface area (Å²) in [5.41, 5.74) is 1.12. The van der Waals surface area contributed by atoms with Crippen LogP contribution in [-0.4, -0.2) is 44.2 Å². The number of fused-ring (bicyclic) bond motifs is 1. The van der Waals surface area contributed by atoms with Gasteiger partial charge in [-0.15, -0.1) is 0 Å². The molecule has 0 spiro atoms. The van der Waals surface area contributed by atoms with Crippen LogP contribution in [0.15, 0.2) is 58.3 Å². The smallest absolute Gasteiger partial charge is 0.275 e. The van der Waals surface area contributed by atoms with Gasteiger partial charge in [-0.3, -0.25) is 14.5 Å². The average Bonchev–Trinajstić information content (AvgIpc) is 3.13. The SMILES string of the molecule is CCOc1ccccc1N=C1SCC(C)N1C(=O)Cn1nc(C)c2ccccc2c1=O. The Hall–Kier alpha value is -3.13. The van der Waals surface area contributed by atoms with Gasteiger partial charge in [0, 0.05) is 17.2 Å². The van der Waals surface area contributed by atoms with Crippen LogP contribution in [0.4, 0.5) is 5.69 Å². The number of aromatic nitrogens is 2. The molecule has 1 aliphatic heterocycles. The molecule has 0 bridgehead atoms. The maximum Gasteiger partial charge on any atom is 0.275 e. The molecule has 0 aliphatic carbocycles. The highest BCUT2D eigenvalue weighted by atomic mass is 32.2. The second kappa shape index (κ2) is 8.93. The molecule has 2 aromatic carbocycles. The molecule has 160 valence electrons. The molecule has 1 unspecified atom stereocenters. The van der Waals surface area contributed by atoms with Crippen LogP contribution in [0.1, 0.15) is 19.5 Å². The lowest BCUT2D eigenvalue weighted by Gasteiger charge is -2.21. The summed E-state index contributed by atoms with van der Waals surface area (Å²) in [6, 6.07) is 14.8. The second-order valence-corrected chi connectivity index (χ2v) is 8.30. The summed E-state index contributed by atoms with van der Waals surface area (Å²) < 4.78 is 6.91. The predicted octanol–water partition coefficient (Wildman–Crippen LogP) is 3.76. The molecule has 3 aromatic rings. The van der Waals surface area contributed by atoms with Crippen LogP contribution in [0.25, 0.3) is 10.8 Å². The first kappa shape index (κ1) is 21.1. The lowest BCUT2D eigenvalue weighted by atomic mass is 10.1. The molecule has 0 saturated carbocycles. The third-order valence-corrected chi connectivity index (χ3v) is 6.28. The first-order valence-electron chi connectivity index (χ1n) is 10.2. The van der Waals surface area contributed by atoms with Gasteiger partial charge in [-0.25, -0.2) is 9.67 Å². The lowest BCUT2D eigenvalue weighted by molar-refractivity contribution is -0.129. The quantitative estimate of drug-likeness (QED) is 0.609. The van der Waals surface area contributed by atoms with Crippen LogP contribution < -0.4 is 10.3 Å². The molecule has 0 radical (unpaired) electrons. The number of amides is 1. The molecule has 7 nitrogen and oxygen atoms in total. The van der Waals surface area contributed by atoms with Crippen molar-refractivity contribution >= 4 is 39.3 Å². The predicted molar refractivity (Wildman–Crippen MR) is 124 cm³/mol. The summed E-state index contributed by atoms with van der Waals surface area (Å²) >= 11 is 1.52. The number of nitrogens with zero attached hydrogens (tertiary/aromatic N) is 4. The van der Waals surface area contributed by atoms with Crippen molar-refractivity contribution in [2.75, 3.05) is 12.4 Å². The first-order chi connectivity index (χ1) is 15.0. The molecule has 1 fully saturated rings. The molecule has 1 atom stereocenters. The fourth-order valence-corrected chi connectivity index (χ4v) is 4.74. The monoisotopic (exact) mass is 436 g/mol. The van der Waals surface area contributed by atoms with Gasteiger partial charge in [0.05, 0.1) is 17.7 Å². The maximum absolute atomic E-state index is 13.2. The van der Waals surface area contributed by atoms with Crippen molar-refractivity contribution in [3.63, 3.8) is 0 Å². The van der Waals surface area contributed by atoms with Gasteiger partial charge >= 0.3 is 0 Å². The lowest BCUT2D eigenvalue weighted by Crippen LogP contribution is -2.42. The number of rotatable bonds is 5. The number of benzene rings is 2.